The molecule has 0 bridgehead atoms. The first-order chi connectivity index (χ1) is 12.7. The van der Waals surface area contributed by atoms with Crippen molar-refractivity contribution in [2.75, 3.05) is 40.9 Å². The molecule has 0 aliphatic rings. The zero-order chi connectivity index (χ0) is 20.6. The van der Waals surface area contributed by atoms with Crippen molar-refractivity contribution in [1.29, 1.82) is 0 Å². The van der Waals surface area contributed by atoms with Crippen molar-refractivity contribution in [3.63, 3.8) is 0 Å². The van der Waals surface area contributed by atoms with E-state index in [1.807, 2.05) is 37.3 Å². The molecule has 0 unspecified atom stereocenters. The summed E-state index contributed by atoms with van der Waals surface area (Å²) >= 11 is 0. The van der Waals surface area contributed by atoms with E-state index in [0.29, 0.717) is 0 Å². The first kappa shape index (κ1) is 23.9. The maximum atomic E-state index is 11.2. The number of carbonyl (C=O) groups excluding carboxylic acids is 1. The van der Waals surface area contributed by atoms with E-state index < -0.39 is 5.79 Å². The number of ether oxygens (including phenoxy) is 2. The molecule has 0 radical (unpaired) electrons. The van der Waals surface area contributed by atoms with Crippen molar-refractivity contribution >= 4 is 32.2 Å². The van der Waals surface area contributed by atoms with E-state index in [2.05, 4.69) is 44.9 Å². The fraction of sp³-hybridized carbons (Fsp3) is 0.409. The smallest absolute Gasteiger partial charge is 0.191 e. The van der Waals surface area contributed by atoms with Gasteiger partial charge < -0.3 is 9.47 Å². The van der Waals surface area contributed by atoms with Gasteiger partial charge in [-0.15, -0.1) is 0 Å². The maximum absolute atomic E-state index is 11.2. The summed E-state index contributed by atoms with van der Waals surface area (Å²) in [6, 6.07) is 16.2. The van der Waals surface area contributed by atoms with Gasteiger partial charge in [0, 0.05) is 25.3 Å². The van der Waals surface area contributed by atoms with Gasteiger partial charge in [-0.1, -0.05) is 64.4 Å². The van der Waals surface area contributed by atoms with Crippen molar-refractivity contribution < 1.29 is 14.3 Å². The second kappa shape index (κ2) is 11.0. The normalized spacial score (nSPS) is 11.3. The van der Waals surface area contributed by atoms with Crippen molar-refractivity contribution in [2.45, 2.75) is 19.6 Å². The molecule has 148 valence electrons. The summed E-state index contributed by atoms with van der Waals surface area (Å²) < 4.78 is 10.9. The van der Waals surface area contributed by atoms with E-state index in [1.54, 1.807) is 21.1 Å². The molecule has 0 heterocycles. The molecule has 0 amide bonds. The van der Waals surface area contributed by atoms with Crippen LogP contribution in [0.2, 0.25) is 0 Å². The minimum Gasteiger partial charge on any atom is -0.349 e. The summed E-state index contributed by atoms with van der Waals surface area (Å²) in [5, 5.41) is 2.54. The fourth-order valence-corrected chi connectivity index (χ4v) is 4.95. The number of Topliss-reactive ketones (excluding diaryl/α,β-unsaturated/α-hetero) is 1. The quantitative estimate of drug-likeness (QED) is 0.394. The predicted molar refractivity (Wildman–Crippen MR) is 121 cm³/mol. The van der Waals surface area contributed by atoms with Crippen molar-refractivity contribution in [3.05, 3.63) is 59.7 Å². The van der Waals surface area contributed by atoms with Crippen LogP contribution in [0.15, 0.2) is 48.5 Å². The highest BCUT2D eigenvalue weighted by molar-refractivity contribution is 7.64. The Bertz CT molecular complexity index is 738. The van der Waals surface area contributed by atoms with Crippen LogP contribution >= 0.6 is 15.8 Å². The van der Waals surface area contributed by atoms with Gasteiger partial charge in [-0.05, 0) is 51.1 Å². The molecular weight excluding hydrogens is 374 g/mol. The molecule has 2 rings (SSSR count). The number of hydrogen-bond acceptors (Lipinski definition) is 3. The lowest BCUT2D eigenvalue weighted by Crippen LogP contribution is -2.31. The van der Waals surface area contributed by atoms with Crippen LogP contribution in [0.25, 0.3) is 0 Å². The monoisotopic (exact) mass is 406 g/mol. The van der Waals surface area contributed by atoms with E-state index in [4.69, 9.17) is 9.47 Å². The molecule has 0 aromatic heterocycles. The van der Waals surface area contributed by atoms with Crippen LogP contribution in [-0.2, 0) is 15.3 Å². The van der Waals surface area contributed by atoms with E-state index in [-0.39, 0.29) is 21.6 Å². The predicted octanol–water partition coefficient (Wildman–Crippen LogP) is 4.77. The van der Waals surface area contributed by atoms with Gasteiger partial charge >= 0.3 is 0 Å². The number of benzene rings is 2. The van der Waals surface area contributed by atoms with Crippen LogP contribution in [0.3, 0.4) is 0 Å². The number of rotatable bonds is 6. The standard InChI is InChI=1S/C12H19O2P.C10H13OP/c1-12(13-2,14-3)10-8-6-7-9-11(10)15(4)5;1-8(11)9-6-4-5-7-10(9)12(2)3/h6-9H,1-5H3;4-7H,1-3H3. The molecular formula is C22H32O3P2. The largest absolute Gasteiger partial charge is 0.349 e. The van der Waals surface area contributed by atoms with Gasteiger partial charge in [-0.25, -0.2) is 0 Å². The average molecular weight is 406 g/mol. The molecule has 2 aromatic carbocycles. The SMILES string of the molecule is CC(=O)c1ccccc1P(C)C.COC(C)(OC)c1ccccc1P(C)C. The van der Waals surface area contributed by atoms with Crippen LogP contribution in [-0.4, -0.2) is 46.7 Å². The summed E-state index contributed by atoms with van der Waals surface area (Å²) in [6.07, 6.45) is 0. The lowest BCUT2D eigenvalue weighted by atomic mass is 10.1. The molecule has 0 atom stereocenters. The maximum Gasteiger partial charge on any atom is 0.191 e. The molecule has 0 fully saturated rings. The summed E-state index contributed by atoms with van der Waals surface area (Å²) in [4.78, 5) is 11.2. The molecule has 5 heteroatoms. The molecule has 3 nitrogen and oxygen atoms in total. The summed E-state index contributed by atoms with van der Waals surface area (Å²) in [5.74, 6) is -0.467. The second-order valence-corrected chi connectivity index (χ2v) is 11.3. The zero-order valence-corrected chi connectivity index (χ0v) is 19.5. The van der Waals surface area contributed by atoms with E-state index in [9.17, 15) is 4.79 Å². The molecule has 0 N–H and O–H groups in total. The minimum absolute atomic E-state index is 0.152. The Hall–Kier alpha value is -1.11. The Labute approximate surface area is 167 Å². The minimum atomic E-state index is -0.636. The first-order valence-corrected chi connectivity index (χ1v) is 13.3. The van der Waals surface area contributed by atoms with Gasteiger partial charge in [0.2, 0.25) is 0 Å². The summed E-state index contributed by atoms with van der Waals surface area (Å²) in [6.45, 7) is 12.4. The van der Waals surface area contributed by atoms with Gasteiger partial charge in [0.05, 0.1) is 0 Å². The van der Waals surface area contributed by atoms with Crippen molar-refractivity contribution in [1.82, 2.24) is 0 Å². The Balaban J connectivity index is 0.000000277. The third-order valence-electron chi connectivity index (χ3n) is 4.42. The lowest BCUT2D eigenvalue weighted by molar-refractivity contribution is -0.201. The molecule has 0 aliphatic carbocycles. The second-order valence-electron chi connectivity index (χ2n) is 6.73. The highest BCUT2D eigenvalue weighted by Crippen LogP contribution is 2.32. The van der Waals surface area contributed by atoms with Crippen LogP contribution in [0, 0.1) is 0 Å². The number of hydrogen-bond donors (Lipinski definition) is 0. The first-order valence-electron chi connectivity index (χ1n) is 8.82. The van der Waals surface area contributed by atoms with E-state index >= 15 is 0 Å². The van der Waals surface area contributed by atoms with Crippen molar-refractivity contribution in [3.8, 4) is 0 Å². The molecule has 2 aromatic rings. The fourth-order valence-electron chi connectivity index (χ4n) is 2.71. The van der Waals surface area contributed by atoms with Crippen LogP contribution in [0.5, 0.6) is 0 Å². The zero-order valence-electron chi connectivity index (χ0n) is 17.7. The molecule has 0 aliphatic heterocycles. The van der Waals surface area contributed by atoms with Gasteiger partial charge in [0.25, 0.3) is 0 Å². The molecule has 0 saturated carbocycles. The topological polar surface area (TPSA) is 35.5 Å². The van der Waals surface area contributed by atoms with Gasteiger partial charge in [0.1, 0.15) is 0 Å². The Morgan fingerprint density at radius 2 is 1.26 bits per heavy atom. The Morgan fingerprint density at radius 1 is 0.815 bits per heavy atom. The van der Waals surface area contributed by atoms with Gasteiger partial charge in [-0.2, -0.15) is 0 Å². The van der Waals surface area contributed by atoms with E-state index in [0.717, 1.165) is 11.1 Å². The highest BCUT2D eigenvalue weighted by atomic mass is 31.1. The molecule has 0 spiro atoms. The van der Waals surface area contributed by atoms with Crippen LogP contribution in [0.4, 0.5) is 0 Å². The number of methoxy groups -OCH3 is 2. The average Bonchev–Trinajstić information content (AvgIpc) is 2.67. The van der Waals surface area contributed by atoms with Crippen molar-refractivity contribution in [2.24, 2.45) is 0 Å². The van der Waals surface area contributed by atoms with Crippen LogP contribution in [0.1, 0.15) is 29.8 Å². The third kappa shape index (κ3) is 6.47. The number of ketones is 1. The van der Waals surface area contributed by atoms with E-state index in [1.165, 1.54) is 10.6 Å². The van der Waals surface area contributed by atoms with Crippen LogP contribution < -0.4 is 10.6 Å². The summed E-state index contributed by atoms with van der Waals surface area (Å²) in [5.41, 5.74) is 2.01. The number of carbonyl (C=O) groups is 1. The Kier molecular flexibility index (Phi) is 9.77. The van der Waals surface area contributed by atoms with Gasteiger partial charge in [-0.3, -0.25) is 4.79 Å². The molecule has 0 saturated heterocycles. The molecule has 27 heavy (non-hydrogen) atoms. The highest BCUT2D eigenvalue weighted by Gasteiger charge is 2.28. The third-order valence-corrected chi connectivity index (χ3v) is 7.13. The van der Waals surface area contributed by atoms with Gasteiger partial charge in [0.15, 0.2) is 11.6 Å². The lowest BCUT2D eigenvalue weighted by Gasteiger charge is -2.29. The Morgan fingerprint density at radius 3 is 1.67 bits per heavy atom. The summed E-state index contributed by atoms with van der Waals surface area (Å²) in [7, 11) is 3.03.